The summed E-state index contributed by atoms with van der Waals surface area (Å²) in [5.41, 5.74) is 4.56. The van der Waals surface area contributed by atoms with Crippen molar-refractivity contribution in [2.45, 2.75) is 90.6 Å². The van der Waals surface area contributed by atoms with Gasteiger partial charge < -0.3 is 24.4 Å². The number of aryl methyl sites for hydroxylation is 3. The molecule has 3 N–H and O–H groups in total. The second-order valence-electron chi connectivity index (χ2n) is 10.1. The molecule has 1 saturated carbocycles. The number of aromatic hydroxyl groups is 1. The lowest BCUT2D eigenvalue weighted by atomic mass is 9.88. The zero-order valence-corrected chi connectivity index (χ0v) is 21.3. The fourth-order valence-electron chi connectivity index (χ4n) is 5.30. The van der Waals surface area contributed by atoms with Gasteiger partial charge in [-0.2, -0.15) is 0 Å². The molecule has 5 heteroatoms. The number of phenols is 1. The van der Waals surface area contributed by atoms with Crippen molar-refractivity contribution < 1.29 is 19.4 Å². The number of phenolic OH excluding ortho intramolecular Hbond substituents is 1. The van der Waals surface area contributed by atoms with Gasteiger partial charge in [0.2, 0.25) is 0 Å². The van der Waals surface area contributed by atoms with Crippen LogP contribution in [0.4, 0.5) is 0 Å². The SMILES string of the molecule is CCCCc1oc(CCc2ccc(O)c(OCCc3cc(C(C)C4CCCC4)c[nH]3)c2)cc1CO. The number of benzene rings is 1. The number of aromatic amines is 1. The molecule has 5 nitrogen and oxygen atoms in total. The van der Waals surface area contributed by atoms with Gasteiger partial charge in [-0.05, 0) is 72.9 Å². The molecule has 1 atom stereocenters. The smallest absolute Gasteiger partial charge is 0.161 e. The predicted molar refractivity (Wildman–Crippen MR) is 139 cm³/mol. The van der Waals surface area contributed by atoms with Gasteiger partial charge in [0.05, 0.1) is 13.2 Å². The van der Waals surface area contributed by atoms with Crippen molar-refractivity contribution in [3.8, 4) is 11.5 Å². The van der Waals surface area contributed by atoms with Gasteiger partial charge in [-0.25, -0.2) is 0 Å². The van der Waals surface area contributed by atoms with E-state index in [-0.39, 0.29) is 12.4 Å². The van der Waals surface area contributed by atoms with E-state index in [1.165, 1.54) is 36.9 Å². The first kappa shape index (κ1) is 25.4. The van der Waals surface area contributed by atoms with E-state index in [1.54, 1.807) is 6.07 Å². The predicted octanol–water partition coefficient (Wildman–Crippen LogP) is 6.85. The average Bonchev–Trinajstić information content (AvgIpc) is 3.64. The zero-order chi connectivity index (χ0) is 24.6. The summed E-state index contributed by atoms with van der Waals surface area (Å²) in [5.74, 6) is 3.91. The Morgan fingerprint density at radius 2 is 1.91 bits per heavy atom. The number of unbranched alkanes of at least 4 members (excludes halogenated alkanes) is 1. The largest absolute Gasteiger partial charge is 0.504 e. The lowest BCUT2D eigenvalue weighted by molar-refractivity contribution is 0.277. The number of aromatic nitrogens is 1. The minimum absolute atomic E-state index is 0.0154. The molecule has 0 amide bonds. The Hall–Kier alpha value is -2.66. The highest BCUT2D eigenvalue weighted by Crippen LogP contribution is 2.37. The first-order valence-corrected chi connectivity index (χ1v) is 13.4. The molecule has 0 aliphatic heterocycles. The molecule has 0 bridgehead atoms. The molecule has 2 heterocycles. The van der Waals surface area contributed by atoms with Crippen molar-refractivity contribution in [2.24, 2.45) is 5.92 Å². The third-order valence-corrected chi connectivity index (χ3v) is 7.59. The van der Waals surface area contributed by atoms with Crippen molar-refractivity contribution in [1.82, 2.24) is 4.98 Å². The number of aliphatic hydroxyl groups is 1. The Balaban J connectivity index is 1.29. The maximum absolute atomic E-state index is 10.3. The van der Waals surface area contributed by atoms with Crippen LogP contribution in [-0.2, 0) is 32.3 Å². The molecule has 1 aliphatic carbocycles. The van der Waals surface area contributed by atoms with Crippen LogP contribution >= 0.6 is 0 Å². The first-order valence-electron chi connectivity index (χ1n) is 13.4. The van der Waals surface area contributed by atoms with Crippen LogP contribution in [0.5, 0.6) is 11.5 Å². The van der Waals surface area contributed by atoms with Crippen molar-refractivity contribution in [3.05, 3.63) is 70.4 Å². The summed E-state index contributed by atoms with van der Waals surface area (Å²) in [5, 5.41) is 19.9. The van der Waals surface area contributed by atoms with Crippen molar-refractivity contribution in [1.29, 1.82) is 0 Å². The van der Waals surface area contributed by atoms with E-state index in [1.807, 2.05) is 18.2 Å². The third-order valence-electron chi connectivity index (χ3n) is 7.59. The molecule has 3 aromatic rings. The van der Waals surface area contributed by atoms with Crippen molar-refractivity contribution in [3.63, 3.8) is 0 Å². The molecule has 4 rings (SSSR count). The van der Waals surface area contributed by atoms with E-state index in [2.05, 4.69) is 31.1 Å². The average molecular weight is 480 g/mol. The van der Waals surface area contributed by atoms with Crippen LogP contribution in [0.1, 0.15) is 92.2 Å². The van der Waals surface area contributed by atoms with Crippen molar-refractivity contribution in [2.75, 3.05) is 6.61 Å². The third kappa shape index (κ3) is 6.72. The molecule has 0 spiro atoms. The standard InChI is InChI=1S/C30H41NO4/c1-3-4-9-29-25(20-32)18-27(35-29)12-10-22-11-13-28(33)30(16-22)34-15-14-26-17-24(19-31-26)21(2)23-7-5-6-8-23/h11,13,16-19,21,23,31-33H,3-10,12,14-15,20H2,1-2H3. The van der Waals surface area contributed by atoms with Crippen LogP contribution in [0.25, 0.3) is 0 Å². The highest BCUT2D eigenvalue weighted by molar-refractivity contribution is 5.42. The lowest BCUT2D eigenvalue weighted by Crippen LogP contribution is -2.05. The van der Waals surface area contributed by atoms with Crippen LogP contribution in [0.3, 0.4) is 0 Å². The molecule has 2 aromatic heterocycles. The Morgan fingerprint density at radius 1 is 1.09 bits per heavy atom. The molecule has 1 aliphatic rings. The summed E-state index contributed by atoms with van der Waals surface area (Å²) in [6.07, 6.45) is 12.9. The molecule has 1 unspecified atom stereocenters. The Kier molecular flexibility index (Phi) is 8.97. The van der Waals surface area contributed by atoms with Gasteiger partial charge in [-0.3, -0.25) is 0 Å². The van der Waals surface area contributed by atoms with Crippen LogP contribution < -0.4 is 4.74 Å². The summed E-state index contributed by atoms with van der Waals surface area (Å²) in [4.78, 5) is 3.41. The van der Waals surface area contributed by atoms with Crippen molar-refractivity contribution >= 4 is 0 Å². The van der Waals surface area contributed by atoms with E-state index >= 15 is 0 Å². The summed E-state index contributed by atoms with van der Waals surface area (Å²) in [6.45, 7) is 5.03. The number of H-pyrrole nitrogens is 1. The maximum atomic E-state index is 10.3. The quantitative estimate of drug-likeness (QED) is 0.250. The highest BCUT2D eigenvalue weighted by Gasteiger charge is 2.23. The maximum Gasteiger partial charge on any atom is 0.161 e. The normalized spacial score (nSPS) is 15.1. The molecule has 0 saturated heterocycles. The number of nitrogens with one attached hydrogen (secondary N) is 1. The topological polar surface area (TPSA) is 78.6 Å². The van der Waals surface area contributed by atoms with Gasteiger partial charge in [0, 0.05) is 36.7 Å². The van der Waals surface area contributed by atoms with E-state index in [0.29, 0.717) is 18.3 Å². The molecule has 1 aromatic carbocycles. The van der Waals surface area contributed by atoms with E-state index < -0.39 is 0 Å². The summed E-state index contributed by atoms with van der Waals surface area (Å²) in [6, 6.07) is 9.81. The number of rotatable bonds is 13. The van der Waals surface area contributed by atoms with E-state index in [0.717, 1.165) is 67.1 Å². The van der Waals surface area contributed by atoms with Crippen LogP contribution in [0.2, 0.25) is 0 Å². The van der Waals surface area contributed by atoms with E-state index in [9.17, 15) is 10.2 Å². The lowest BCUT2D eigenvalue weighted by Gasteiger charge is -2.17. The molecular weight excluding hydrogens is 438 g/mol. The minimum atomic E-state index is 0.0154. The Bertz CT molecular complexity index is 1060. The monoisotopic (exact) mass is 479 g/mol. The molecule has 0 radical (unpaired) electrons. The number of furan rings is 1. The van der Waals surface area contributed by atoms with Crippen LogP contribution in [0, 0.1) is 5.92 Å². The van der Waals surface area contributed by atoms with Crippen LogP contribution in [-0.4, -0.2) is 21.8 Å². The molecule has 1 fully saturated rings. The molecular formula is C30H41NO4. The van der Waals surface area contributed by atoms with Gasteiger partial charge in [-0.1, -0.05) is 39.2 Å². The molecule has 35 heavy (non-hydrogen) atoms. The number of ether oxygens (including phenoxy) is 1. The van der Waals surface area contributed by atoms with Gasteiger partial charge in [-0.15, -0.1) is 0 Å². The zero-order valence-electron chi connectivity index (χ0n) is 21.3. The van der Waals surface area contributed by atoms with Gasteiger partial charge in [0.25, 0.3) is 0 Å². The number of hydrogen-bond donors (Lipinski definition) is 3. The number of aliphatic hydroxyl groups excluding tert-OH is 1. The number of hydrogen-bond acceptors (Lipinski definition) is 4. The first-order chi connectivity index (χ1) is 17.1. The fraction of sp³-hybridized carbons (Fsp3) is 0.533. The van der Waals surface area contributed by atoms with Crippen LogP contribution in [0.15, 0.2) is 40.9 Å². The molecule has 190 valence electrons. The van der Waals surface area contributed by atoms with Gasteiger partial charge in [0.15, 0.2) is 11.5 Å². The summed E-state index contributed by atoms with van der Waals surface area (Å²) >= 11 is 0. The Morgan fingerprint density at radius 3 is 2.69 bits per heavy atom. The fourth-order valence-corrected chi connectivity index (χ4v) is 5.30. The Labute approximate surface area is 209 Å². The highest BCUT2D eigenvalue weighted by atomic mass is 16.5. The second kappa shape index (κ2) is 12.3. The van der Waals surface area contributed by atoms with Gasteiger partial charge in [0.1, 0.15) is 11.5 Å². The summed E-state index contributed by atoms with van der Waals surface area (Å²) in [7, 11) is 0. The second-order valence-corrected chi connectivity index (χ2v) is 10.1. The van der Waals surface area contributed by atoms with Gasteiger partial charge >= 0.3 is 0 Å². The summed E-state index contributed by atoms with van der Waals surface area (Å²) < 4.78 is 12.0. The minimum Gasteiger partial charge on any atom is -0.504 e. The van der Waals surface area contributed by atoms with E-state index in [4.69, 9.17) is 9.15 Å².